The van der Waals surface area contributed by atoms with E-state index in [1.54, 1.807) is 12.1 Å². The predicted molar refractivity (Wildman–Crippen MR) is 142 cm³/mol. The molecule has 1 aromatic heterocycles. The summed E-state index contributed by atoms with van der Waals surface area (Å²) >= 11 is 0. The molecular weight excluding hydrogens is 532 g/mol. The number of carbonyl (C=O) groups is 2. The van der Waals surface area contributed by atoms with Crippen LogP contribution in [0.15, 0.2) is 69.1 Å². The van der Waals surface area contributed by atoms with Gasteiger partial charge in [-0.3, -0.25) is 23.0 Å². The van der Waals surface area contributed by atoms with Gasteiger partial charge in [0.25, 0.3) is 21.5 Å². The molecule has 0 saturated carbocycles. The molecular formula is C25H28N4O9S. The fourth-order valence-electron chi connectivity index (χ4n) is 3.29. The first-order valence-electron chi connectivity index (χ1n) is 11.6. The van der Waals surface area contributed by atoms with Crippen LogP contribution in [-0.2, 0) is 38.4 Å². The molecule has 0 bridgehead atoms. The van der Waals surface area contributed by atoms with E-state index in [-0.39, 0.29) is 16.5 Å². The van der Waals surface area contributed by atoms with Crippen molar-refractivity contribution in [2.45, 2.75) is 11.8 Å². The van der Waals surface area contributed by atoms with Crippen molar-refractivity contribution >= 4 is 33.4 Å². The number of sulfonamides is 1. The Labute approximate surface area is 224 Å². The Hall–Kier alpha value is -4.59. The van der Waals surface area contributed by atoms with Crippen molar-refractivity contribution < 1.29 is 32.2 Å². The number of hydrogen-bond acceptors (Lipinski definition) is 9. The zero-order valence-electron chi connectivity index (χ0n) is 21.7. The summed E-state index contributed by atoms with van der Waals surface area (Å²) < 4.78 is 44.5. The molecule has 3 aromatic rings. The number of aromatic nitrogens is 2. The molecule has 0 spiro atoms. The van der Waals surface area contributed by atoms with Crippen LogP contribution in [-0.4, -0.2) is 56.3 Å². The molecule has 0 fully saturated rings. The van der Waals surface area contributed by atoms with Gasteiger partial charge in [-0.2, -0.15) is 0 Å². The van der Waals surface area contributed by atoms with Crippen LogP contribution >= 0.6 is 0 Å². The number of esters is 1. The largest absolute Gasteiger partial charge is 0.494 e. The van der Waals surface area contributed by atoms with Gasteiger partial charge in [-0.1, -0.05) is 0 Å². The van der Waals surface area contributed by atoms with E-state index in [1.807, 2.05) is 6.92 Å². The third-order valence-corrected chi connectivity index (χ3v) is 7.31. The lowest BCUT2D eigenvalue weighted by molar-refractivity contribution is -0.149. The zero-order valence-corrected chi connectivity index (χ0v) is 22.6. The number of rotatable bonds is 11. The number of amides is 1. The van der Waals surface area contributed by atoms with Crippen molar-refractivity contribution in [1.29, 1.82) is 0 Å². The van der Waals surface area contributed by atoms with E-state index >= 15 is 0 Å². The number of benzene rings is 2. The van der Waals surface area contributed by atoms with Crippen LogP contribution in [0.1, 0.15) is 6.92 Å². The van der Waals surface area contributed by atoms with Gasteiger partial charge in [-0.15, -0.1) is 0 Å². The van der Waals surface area contributed by atoms with Gasteiger partial charge in [0.2, 0.25) is 0 Å². The summed E-state index contributed by atoms with van der Waals surface area (Å²) in [5, 5.41) is 2.33. The van der Waals surface area contributed by atoms with E-state index in [1.165, 1.54) is 57.5 Å². The number of ether oxygens (including phenoxy) is 3. The number of nitrogens with zero attached hydrogens (tertiary/aromatic N) is 3. The average molecular weight is 561 g/mol. The van der Waals surface area contributed by atoms with Crippen molar-refractivity contribution in [3.8, 4) is 11.5 Å². The van der Waals surface area contributed by atoms with Gasteiger partial charge in [-0.05, 0) is 55.5 Å². The minimum Gasteiger partial charge on any atom is -0.494 e. The second kappa shape index (κ2) is 12.3. The van der Waals surface area contributed by atoms with Crippen LogP contribution in [0.4, 0.5) is 11.5 Å². The Morgan fingerprint density at radius 3 is 2.10 bits per heavy atom. The molecule has 1 heterocycles. The first-order valence-corrected chi connectivity index (χ1v) is 13.0. The molecule has 0 unspecified atom stereocenters. The average Bonchev–Trinajstić information content (AvgIpc) is 2.93. The molecule has 1 N–H and O–H groups in total. The van der Waals surface area contributed by atoms with Crippen LogP contribution in [0, 0.1) is 0 Å². The van der Waals surface area contributed by atoms with Crippen LogP contribution < -0.4 is 30.3 Å². The van der Waals surface area contributed by atoms with Crippen LogP contribution in [0.2, 0.25) is 0 Å². The predicted octanol–water partition coefficient (Wildman–Crippen LogP) is 0.869. The van der Waals surface area contributed by atoms with Gasteiger partial charge in [0.1, 0.15) is 17.3 Å². The standard InChI is InChI=1S/C25H28N4O9S/c1-5-36-18-10-12-20(13-11-18)39(34,35)29(4)17-6-8-19(9-7-17)37-16-24(32)38-15-22(30)26-21-14-23(31)28(3)25(33)27(21)2/h6-14H,5,15-16H2,1-4H3,(H,26,30). The highest BCUT2D eigenvalue weighted by Crippen LogP contribution is 2.25. The number of nitrogens with one attached hydrogen (secondary N) is 1. The maximum absolute atomic E-state index is 12.9. The smallest absolute Gasteiger partial charge is 0.344 e. The van der Waals surface area contributed by atoms with Gasteiger partial charge in [-0.25, -0.2) is 18.0 Å². The molecule has 2 aromatic carbocycles. The molecule has 0 atom stereocenters. The van der Waals surface area contributed by atoms with Gasteiger partial charge in [0, 0.05) is 27.2 Å². The molecule has 0 saturated heterocycles. The third kappa shape index (κ3) is 7.04. The van der Waals surface area contributed by atoms with Crippen LogP contribution in [0.3, 0.4) is 0 Å². The van der Waals surface area contributed by atoms with Gasteiger partial charge < -0.3 is 19.5 Å². The topological polar surface area (TPSA) is 155 Å². The summed E-state index contributed by atoms with van der Waals surface area (Å²) in [6.45, 7) is 1.11. The molecule has 39 heavy (non-hydrogen) atoms. The van der Waals surface area contributed by atoms with Crippen molar-refractivity contribution in [3.05, 3.63) is 75.4 Å². The zero-order chi connectivity index (χ0) is 28.7. The fraction of sp³-hybridized carbons (Fsp3) is 0.280. The molecule has 0 aliphatic carbocycles. The van der Waals surface area contributed by atoms with Crippen molar-refractivity contribution in [1.82, 2.24) is 9.13 Å². The van der Waals surface area contributed by atoms with E-state index in [2.05, 4.69) is 5.32 Å². The normalized spacial score (nSPS) is 11.0. The lowest BCUT2D eigenvalue weighted by Gasteiger charge is -2.20. The lowest BCUT2D eigenvalue weighted by Crippen LogP contribution is -2.38. The summed E-state index contributed by atoms with van der Waals surface area (Å²) in [7, 11) is 0.261. The van der Waals surface area contributed by atoms with E-state index < -0.39 is 46.4 Å². The molecule has 1 amide bonds. The summed E-state index contributed by atoms with van der Waals surface area (Å²) in [4.78, 5) is 47.8. The highest BCUT2D eigenvalue weighted by Gasteiger charge is 2.21. The Kier molecular flexibility index (Phi) is 9.14. The number of anilines is 2. The van der Waals surface area contributed by atoms with Crippen molar-refractivity contribution in [2.24, 2.45) is 14.1 Å². The lowest BCUT2D eigenvalue weighted by atomic mass is 10.3. The first-order chi connectivity index (χ1) is 18.4. The Morgan fingerprint density at radius 1 is 0.897 bits per heavy atom. The maximum Gasteiger partial charge on any atom is 0.344 e. The third-order valence-electron chi connectivity index (χ3n) is 5.51. The first kappa shape index (κ1) is 29.0. The Bertz CT molecular complexity index is 1560. The minimum atomic E-state index is -3.82. The quantitative estimate of drug-likeness (QED) is 0.336. The molecule has 0 radical (unpaired) electrons. The van der Waals surface area contributed by atoms with Crippen molar-refractivity contribution in [3.63, 3.8) is 0 Å². The fourth-order valence-corrected chi connectivity index (χ4v) is 4.48. The van der Waals surface area contributed by atoms with Gasteiger partial charge >= 0.3 is 11.7 Å². The second-order valence-electron chi connectivity index (χ2n) is 8.14. The van der Waals surface area contributed by atoms with Gasteiger partial charge in [0.05, 0.1) is 17.2 Å². The van der Waals surface area contributed by atoms with E-state index in [9.17, 15) is 27.6 Å². The van der Waals surface area contributed by atoms with E-state index in [4.69, 9.17) is 14.2 Å². The van der Waals surface area contributed by atoms with Crippen molar-refractivity contribution in [2.75, 3.05) is 36.5 Å². The minimum absolute atomic E-state index is 0.0463. The monoisotopic (exact) mass is 560 g/mol. The number of hydrogen-bond donors (Lipinski definition) is 1. The number of carbonyl (C=O) groups excluding carboxylic acids is 2. The summed E-state index contributed by atoms with van der Waals surface area (Å²) in [5.74, 6) is -0.817. The molecule has 13 nitrogen and oxygen atoms in total. The Morgan fingerprint density at radius 2 is 1.49 bits per heavy atom. The summed E-state index contributed by atoms with van der Waals surface area (Å²) in [6, 6.07) is 13.1. The molecule has 0 aliphatic rings. The Balaban J connectivity index is 1.52. The van der Waals surface area contributed by atoms with E-state index in [0.717, 1.165) is 19.5 Å². The molecule has 3 rings (SSSR count). The SMILES string of the molecule is CCOc1ccc(S(=O)(=O)N(C)c2ccc(OCC(=O)OCC(=O)Nc3cc(=O)n(C)c(=O)n3C)cc2)cc1. The molecule has 14 heteroatoms. The molecule has 208 valence electrons. The summed E-state index contributed by atoms with van der Waals surface area (Å²) in [6.07, 6.45) is 0. The highest BCUT2D eigenvalue weighted by atomic mass is 32.2. The highest BCUT2D eigenvalue weighted by molar-refractivity contribution is 7.92. The van der Waals surface area contributed by atoms with Crippen LogP contribution in [0.5, 0.6) is 11.5 Å². The van der Waals surface area contributed by atoms with Crippen LogP contribution in [0.25, 0.3) is 0 Å². The second-order valence-corrected chi connectivity index (χ2v) is 10.1. The summed E-state index contributed by atoms with van der Waals surface area (Å²) in [5.41, 5.74) is -0.875. The maximum atomic E-state index is 12.9. The van der Waals surface area contributed by atoms with E-state index in [0.29, 0.717) is 18.0 Å². The van der Waals surface area contributed by atoms with Gasteiger partial charge in [0.15, 0.2) is 13.2 Å². The molecule has 0 aliphatic heterocycles.